The molecule has 0 aliphatic rings. The van der Waals surface area contributed by atoms with Crippen LogP contribution in [0.1, 0.15) is 5.56 Å². The number of aryl methyl sites for hydroxylation is 1. The van der Waals surface area contributed by atoms with Crippen LogP contribution in [0, 0.1) is 6.92 Å². The van der Waals surface area contributed by atoms with Gasteiger partial charge in [-0.1, -0.05) is 18.2 Å². The molecule has 32 heavy (non-hydrogen) atoms. The third-order valence-corrected chi connectivity index (χ3v) is 5.89. The van der Waals surface area contributed by atoms with Crippen LogP contribution in [-0.4, -0.2) is 32.6 Å². The Morgan fingerprint density at radius 2 is 1.50 bits per heavy atom. The molecule has 0 spiro atoms. The summed E-state index contributed by atoms with van der Waals surface area (Å²) in [7, 11) is -0.741. The maximum atomic E-state index is 12.0. The fraction of sp³-hybridized carbons (Fsp3) is 0.130. The zero-order valence-electron chi connectivity index (χ0n) is 17.8. The van der Waals surface area contributed by atoms with E-state index in [1.807, 2.05) is 31.2 Å². The average Bonchev–Trinajstić information content (AvgIpc) is 2.78. The number of benzene rings is 3. The lowest BCUT2D eigenvalue weighted by molar-refractivity contribution is 0.395. The lowest BCUT2D eigenvalue weighted by Gasteiger charge is -2.15. The summed E-state index contributed by atoms with van der Waals surface area (Å²) >= 11 is 0. The SMILES string of the molecule is COc1cc(Nc2nc3ccccc3nc2-c2cc(S(N)(=O)=O)ccc2C)cc(OC)c1. The number of nitrogens with two attached hydrogens (primary N) is 1. The zero-order chi connectivity index (χ0) is 22.9. The van der Waals surface area contributed by atoms with Crippen LogP contribution in [0.25, 0.3) is 22.3 Å². The number of para-hydroxylation sites is 2. The minimum Gasteiger partial charge on any atom is -0.497 e. The summed E-state index contributed by atoms with van der Waals surface area (Å²) in [6.07, 6.45) is 0. The van der Waals surface area contributed by atoms with Gasteiger partial charge in [0, 0.05) is 29.4 Å². The molecule has 0 aliphatic carbocycles. The Morgan fingerprint density at radius 1 is 0.875 bits per heavy atom. The van der Waals surface area contributed by atoms with Gasteiger partial charge in [-0.2, -0.15) is 0 Å². The quantitative estimate of drug-likeness (QED) is 0.456. The maximum Gasteiger partial charge on any atom is 0.238 e. The van der Waals surface area contributed by atoms with Crippen molar-refractivity contribution in [3.05, 3.63) is 66.2 Å². The molecule has 4 rings (SSSR count). The predicted molar refractivity (Wildman–Crippen MR) is 124 cm³/mol. The summed E-state index contributed by atoms with van der Waals surface area (Å²) in [5.74, 6) is 1.66. The Labute approximate surface area is 186 Å². The second kappa shape index (κ2) is 8.45. The van der Waals surface area contributed by atoms with Crippen LogP contribution in [0.3, 0.4) is 0 Å². The number of rotatable bonds is 6. The largest absolute Gasteiger partial charge is 0.497 e. The number of fused-ring (bicyclic) bond motifs is 1. The van der Waals surface area contributed by atoms with Crippen molar-refractivity contribution in [1.82, 2.24) is 9.97 Å². The number of ether oxygens (including phenoxy) is 2. The van der Waals surface area contributed by atoms with Gasteiger partial charge in [0.2, 0.25) is 10.0 Å². The van der Waals surface area contributed by atoms with Crippen LogP contribution in [0.2, 0.25) is 0 Å². The second-order valence-electron chi connectivity index (χ2n) is 7.16. The average molecular weight is 451 g/mol. The van der Waals surface area contributed by atoms with E-state index in [-0.39, 0.29) is 4.90 Å². The number of hydrogen-bond donors (Lipinski definition) is 2. The van der Waals surface area contributed by atoms with Crippen molar-refractivity contribution in [1.29, 1.82) is 0 Å². The van der Waals surface area contributed by atoms with E-state index in [0.29, 0.717) is 45.3 Å². The number of hydrogen-bond acceptors (Lipinski definition) is 7. The highest BCUT2D eigenvalue weighted by Gasteiger charge is 2.17. The van der Waals surface area contributed by atoms with E-state index in [4.69, 9.17) is 24.6 Å². The lowest BCUT2D eigenvalue weighted by atomic mass is 10.0. The normalized spacial score (nSPS) is 11.4. The van der Waals surface area contributed by atoms with Gasteiger partial charge >= 0.3 is 0 Å². The molecule has 9 heteroatoms. The molecule has 1 aromatic heterocycles. The summed E-state index contributed by atoms with van der Waals surface area (Å²) < 4.78 is 34.6. The van der Waals surface area contributed by atoms with Crippen molar-refractivity contribution >= 4 is 32.6 Å². The van der Waals surface area contributed by atoms with Gasteiger partial charge in [-0.25, -0.2) is 23.5 Å². The van der Waals surface area contributed by atoms with Crippen LogP contribution in [0.15, 0.2) is 65.6 Å². The van der Waals surface area contributed by atoms with E-state index in [1.165, 1.54) is 12.1 Å². The van der Waals surface area contributed by atoms with Crippen LogP contribution in [-0.2, 0) is 10.0 Å². The summed E-state index contributed by atoms with van der Waals surface area (Å²) in [5, 5.41) is 8.65. The van der Waals surface area contributed by atoms with Crippen LogP contribution < -0.4 is 19.9 Å². The highest BCUT2D eigenvalue weighted by Crippen LogP contribution is 2.34. The Hall–Kier alpha value is -3.69. The van der Waals surface area contributed by atoms with Gasteiger partial charge in [-0.15, -0.1) is 0 Å². The van der Waals surface area contributed by atoms with Gasteiger partial charge in [0.05, 0.1) is 30.1 Å². The molecular formula is C23H22N4O4S. The van der Waals surface area contributed by atoms with Gasteiger partial charge in [0.1, 0.15) is 17.2 Å². The topological polar surface area (TPSA) is 116 Å². The van der Waals surface area contributed by atoms with Gasteiger partial charge in [0.15, 0.2) is 5.82 Å². The molecule has 164 valence electrons. The Bertz CT molecular complexity index is 1400. The first-order chi connectivity index (χ1) is 15.3. The summed E-state index contributed by atoms with van der Waals surface area (Å²) in [5.41, 5.74) is 3.96. The number of methoxy groups -OCH3 is 2. The number of primary sulfonamides is 1. The predicted octanol–water partition coefficient (Wildman–Crippen LogP) is 4.01. The van der Waals surface area contributed by atoms with E-state index in [1.54, 1.807) is 38.5 Å². The molecule has 0 saturated heterocycles. The van der Waals surface area contributed by atoms with E-state index in [2.05, 4.69) is 5.32 Å². The number of sulfonamides is 1. The van der Waals surface area contributed by atoms with Crippen LogP contribution in [0.5, 0.6) is 11.5 Å². The molecular weight excluding hydrogens is 428 g/mol. The molecule has 3 N–H and O–H groups in total. The molecule has 8 nitrogen and oxygen atoms in total. The van der Waals surface area contributed by atoms with Crippen molar-refractivity contribution in [3.63, 3.8) is 0 Å². The molecule has 0 radical (unpaired) electrons. The minimum atomic E-state index is -3.88. The number of aromatic nitrogens is 2. The first-order valence-corrected chi connectivity index (χ1v) is 11.2. The Kier molecular flexibility index (Phi) is 5.68. The number of anilines is 2. The smallest absolute Gasteiger partial charge is 0.238 e. The molecule has 1 heterocycles. The maximum absolute atomic E-state index is 12.0. The van der Waals surface area contributed by atoms with Gasteiger partial charge in [-0.3, -0.25) is 0 Å². The van der Waals surface area contributed by atoms with E-state index in [9.17, 15) is 8.42 Å². The molecule has 0 amide bonds. The molecule has 0 bridgehead atoms. The van der Waals surface area contributed by atoms with Gasteiger partial charge < -0.3 is 14.8 Å². The Morgan fingerprint density at radius 3 is 2.09 bits per heavy atom. The van der Waals surface area contributed by atoms with Crippen molar-refractivity contribution in [2.45, 2.75) is 11.8 Å². The van der Waals surface area contributed by atoms with E-state index in [0.717, 1.165) is 5.56 Å². The van der Waals surface area contributed by atoms with Crippen molar-refractivity contribution in [2.24, 2.45) is 5.14 Å². The fourth-order valence-electron chi connectivity index (χ4n) is 3.32. The third kappa shape index (κ3) is 4.34. The van der Waals surface area contributed by atoms with E-state index >= 15 is 0 Å². The third-order valence-electron chi connectivity index (χ3n) is 4.98. The lowest BCUT2D eigenvalue weighted by Crippen LogP contribution is -2.12. The monoisotopic (exact) mass is 450 g/mol. The van der Waals surface area contributed by atoms with Crippen LogP contribution in [0.4, 0.5) is 11.5 Å². The minimum absolute atomic E-state index is 0.00191. The van der Waals surface area contributed by atoms with Gasteiger partial charge in [-0.05, 0) is 36.8 Å². The fourth-order valence-corrected chi connectivity index (χ4v) is 3.86. The highest BCUT2D eigenvalue weighted by atomic mass is 32.2. The molecule has 3 aromatic carbocycles. The molecule has 0 saturated carbocycles. The molecule has 4 aromatic rings. The second-order valence-corrected chi connectivity index (χ2v) is 8.72. The summed E-state index contributed by atoms with van der Waals surface area (Å²) in [4.78, 5) is 9.54. The van der Waals surface area contributed by atoms with E-state index < -0.39 is 10.0 Å². The summed E-state index contributed by atoms with van der Waals surface area (Å²) in [6.45, 7) is 1.87. The zero-order valence-corrected chi connectivity index (χ0v) is 18.6. The molecule has 0 unspecified atom stereocenters. The highest BCUT2D eigenvalue weighted by molar-refractivity contribution is 7.89. The molecule has 0 aliphatic heterocycles. The van der Waals surface area contributed by atoms with Crippen molar-refractivity contribution in [3.8, 4) is 22.8 Å². The Balaban J connectivity index is 1.93. The molecule has 0 atom stereocenters. The molecule has 0 fully saturated rings. The first kappa shape index (κ1) is 21.5. The first-order valence-electron chi connectivity index (χ1n) is 9.69. The standard InChI is InChI=1S/C23H22N4O4S/c1-14-8-9-18(32(24,28)29)13-19(14)22-23(27-21-7-5-4-6-20(21)26-22)25-15-10-16(30-2)12-17(11-15)31-3/h4-13H,1-3H3,(H,25,27)(H2,24,28,29). The number of nitrogens with zero attached hydrogens (tertiary/aromatic N) is 2. The van der Waals surface area contributed by atoms with Crippen molar-refractivity contribution in [2.75, 3.05) is 19.5 Å². The summed E-state index contributed by atoms with van der Waals surface area (Å²) in [6, 6.07) is 17.5. The van der Waals surface area contributed by atoms with Crippen molar-refractivity contribution < 1.29 is 17.9 Å². The van der Waals surface area contributed by atoms with Crippen LogP contribution >= 0.6 is 0 Å². The number of nitrogens with one attached hydrogen (secondary N) is 1. The van der Waals surface area contributed by atoms with Gasteiger partial charge in [0.25, 0.3) is 0 Å².